The van der Waals surface area contributed by atoms with Crippen LogP contribution in [-0.2, 0) is 13.1 Å². The van der Waals surface area contributed by atoms with Crippen molar-refractivity contribution in [1.82, 2.24) is 29.9 Å². The Bertz CT molecular complexity index is 1650. The zero-order valence-corrected chi connectivity index (χ0v) is 19.1. The minimum absolute atomic E-state index is 0.00388. The van der Waals surface area contributed by atoms with Gasteiger partial charge in [0.15, 0.2) is 5.65 Å². The van der Waals surface area contributed by atoms with Crippen LogP contribution in [0.3, 0.4) is 0 Å². The summed E-state index contributed by atoms with van der Waals surface area (Å²) < 4.78 is 1.57. The van der Waals surface area contributed by atoms with E-state index in [9.17, 15) is 14.5 Å². The van der Waals surface area contributed by atoms with Crippen LogP contribution >= 0.6 is 0 Å². The Morgan fingerprint density at radius 3 is 2.77 bits per heavy atom. The lowest BCUT2D eigenvalue weighted by atomic mass is 10.1. The maximum atomic E-state index is 13.1. The Morgan fingerprint density at radius 1 is 1.14 bits per heavy atom. The number of hydrogen-bond acceptors (Lipinski definition) is 7. The van der Waals surface area contributed by atoms with Crippen molar-refractivity contribution in [2.45, 2.75) is 26.9 Å². The van der Waals surface area contributed by atoms with Gasteiger partial charge in [-0.1, -0.05) is 29.4 Å². The normalized spacial score (nSPS) is 11.1. The van der Waals surface area contributed by atoms with Gasteiger partial charge in [-0.05, 0) is 37.1 Å². The van der Waals surface area contributed by atoms with Crippen molar-refractivity contribution in [3.63, 3.8) is 0 Å². The molecule has 5 aromatic rings. The highest BCUT2D eigenvalue weighted by Gasteiger charge is 2.17. The Hall–Kier alpha value is -4.73. The maximum Gasteiger partial charge on any atom is 0.257 e. The third-order valence-corrected chi connectivity index (χ3v) is 5.72. The summed E-state index contributed by atoms with van der Waals surface area (Å²) in [7, 11) is 0. The van der Waals surface area contributed by atoms with E-state index in [0.29, 0.717) is 22.4 Å². The topological polar surface area (TPSA) is 134 Å². The van der Waals surface area contributed by atoms with Gasteiger partial charge in [-0.2, -0.15) is 14.5 Å². The van der Waals surface area contributed by atoms with Crippen molar-refractivity contribution in [2.24, 2.45) is 5.18 Å². The zero-order chi connectivity index (χ0) is 24.5. The molecule has 0 saturated heterocycles. The summed E-state index contributed by atoms with van der Waals surface area (Å²) in [4.78, 5) is 48.4. The predicted octanol–water partition coefficient (Wildman–Crippen LogP) is 3.45. The highest BCUT2D eigenvalue weighted by atomic mass is 16.3. The molecule has 0 spiro atoms. The number of nitrogens with one attached hydrogen (secondary N) is 2. The number of fused-ring (bicyclic) bond motifs is 3. The lowest BCUT2D eigenvalue weighted by Crippen LogP contribution is -2.29. The van der Waals surface area contributed by atoms with Crippen molar-refractivity contribution < 1.29 is 4.79 Å². The zero-order valence-electron chi connectivity index (χ0n) is 19.1. The average Bonchev–Trinajstić information content (AvgIpc) is 3.23. The Kier molecular flexibility index (Phi) is 5.61. The molecule has 174 valence electrons. The van der Waals surface area contributed by atoms with Crippen LogP contribution in [0.15, 0.2) is 64.8 Å². The number of aryl methyl sites for hydroxylation is 2. The van der Waals surface area contributed by atoms with Gasteiger partial charge in [0.05, 0.1) is 22.5 Å². The maximum absolute atomic E-state index is 13.1. The fourth-order valence-electron chi connectivity index (χ4n) is 4.03. The van der Waals surface area contributed by atoms with E-state index >= 15 is 0 Å². The molecule has 0 unspecified atom stereocenters. The van der Waals surface area contributed by atoms with E-state index in [-0.39, 0.29) is 18.7 Å². The molecule has 10 nitrogen and oxygen atoms in total. The summed E-state index contributed by atoms with van der Waals surface area (Å²) in [5.41, 5.74) is 5.20. The van der Waals surface area contributed by atoms with Crippen molar-refractivity contribution in [3.8, 4) is 11.3 Å². The molecule has 4 heterocycles. The second kappa shape index (κ2) is 8.90. The van der Waals surface area contributed by atoms with Crippen LogP contribution in [0.1, 0.15) is 32.9 Å². The van der Waals surface area contributed by atoms with Gasteiger partial charge in [0.25, 0.3) is 5.91 Å². The van der Waals surface area contributed by atoms with Gasteiger partial charge in [-0.3, -0.25) is 14.6 Å². The molecule has 0 aliphatic rings. The standard InChI is InChI=1S/C25H21N7O3/c1-14-8-21-30-15(2)22-23(33)19(13-27-24(22)32(21)31-14)25(34)28-11-17-6-7-20(26-10-17)18-5-3-4-16(9-18)12-29-35/h3-10,13H,11-12H2,1-2H3,(H,27,33)(H,28,34). The first-order chi connectivity index (χ1) is 16.9. The van der Waals surface area contributed by atoms with Gasteiger partial charge < -0.3 is 10.3 Å². The third-order valence-electron chi connectivity index (χ3n) is 5.72. The molecule has 0 saturated carbocycles. The van der Waals surface area contributed by atoms with Crippen LogP contribution in [0.25, 0.3) is 27.9 Å². The van der Waals surface area contributed by atoms with E-state index in [1.807, 2.05) is 49.4 Å². The molecule has 35 heavy (non-hydrogen) atoms. The third kappa shape index (κ3) is 4.17. The summed E-state index contributed by atoms with van der Waals surface area (Å²) >= 11 is 0. The first-order valence-electron chi connectivity index (χ1n) is 10.9. The van der Waals surface area contributed by atoms with Crippen LogP contribution in [0.5, 0.6) is 0 Å². The Morgan fingerprint density at radius 2 is 2.00 bits per heavy atom. The minimum atomic E-state index is -0.498. The molecule has 0 aliphatic carbocycles. The summed E-state index contributed by atoms with van der Waals surface area (Å²) in [5, 5.41) is 10.4. The molecule has 0 atom stereocenters. The number of aromatic amines is 1. The lowest BCUT2D eigenvalue weighted by Gasteiger charge is -2.09. The number of nitrogens with zero attached hydrogens (tertiary/aromatic N) is 5. The molecule has 1 amide bonds. The smallest absolute Gasteiger partial charge is 0.257 e. The summed E-state index contributed by atoms with van der Waals surface area (Å²) in [6, 6.07) is 13.0. The minimum Gasteiger partial charge on any atom is -0.348 e. The number of amides is 1. The second-order valence-corrected chi connectivity index (χ2v) is 8.23. The summed E-state index contributed by atoms with van der Waals surface area (Å²) in [6.07, 6.45) is 3.06. The van der Waals surface area contributed by atoms with Crippen LogP contribution < -0.4 is 10.7 Å². The summed E-state index contributed by atoms with van der Waals surface area (Å²) in [5.74, 6) is -0.498. The van der Waals surface area contributed by atoms with E-state index in [4.69, 9.17) is 0 Å². The largest absolute Gasteiger partial charge is 0.348 e. The molecule has 1 aromatic carbocycles. The molecule has 5 rings (SSSR count). The highest BCUT2D eigenvalue weighted by Crippen LogP contribution is 2.19. The average molecular weight is 467 g/mol. The number of aromatic nitrogens is 5. The number of carbonyl (C=O) groups excluding carboxylic acids is 1. The summed E-state index contributed by atoms with van der Waals surface area (Å²) in [6.45, 7) is 3.89. The van der Waals surface area contributed by atoms with E-state index in [2.05, 4.69) is 30.5 Å². The Labute approximate surface area is 199 Å². The van der Waals surface area contributed by atoms with Gasteiger partial charge in [0.1, 0.15) is 17.8 Å². The molecule has 0 fully saturated rings. The fraction of sp³-hybridized carbons (Fsp3) is 0.160. The molecule has 0 bridgehead atoms. The number of benzene rings is 1. The second-order valence-electron chi connectivity index (χ2n) is 8.23. The number of nitroso groups, excluding NO2 is 1. The highest BCUT2D eigenvalue weighted by molar-refractivity contribution is 5.97. The van der Waals surface area contributed by atoms with E-state index in [0.717, 1.165) is 28.1 Å². The number of H-pyrrole nitrogens is 1. The Balaban J connectivity index is 1.35. The fourth-order valence-corrected chi connectivity index (χ4v) is 4.03. The van der Waals surface area contributed by atoms with Crippen LogP contribution in [0.4, 0.5) is 0 Å². The quantitative estimate of drug-likeness (QED) is 0.367. The van der Waals surface area contributed by atoms with Crippen molar-refractivity contribution in [1.29, 1.82) is 0 Å². The first-order valence-corrected chi connectivity index (χ1v) is 10.9. The van der Waals surface area contributed by atoms with Crippen molar-refractivity contribution in [2.75, 3.05) is 0 Å². The molecular weight excluding hydrogens is 446 g/mol. The lowest BCUT2D eigenvalue weighted by molar-refractivity contribution is 0.0949. The van der Waals surface area contributed by atoms with Gasteiger partial charge >= 0.3 is 0 Å². The van der Waals surface area contributed by atoms with Gasteiger partial charge in [0.2, 0.25) is 5.43 Å². The monoisotopic (exact) mass is 467 g/mol. The molecular formula is C25H21N7O3. The van der Waals surface area contributed by atoms with E-state index < -0.39 is 11.3 Å². The molecule has 4 aromatic heterocycles. The van der Waals surface area contributed by atoms with Crippen LogP contribution in [-0.4, -0.2) is 30.5 Å². The number of carbonyl (C=O) groups is 1. The van der Waals surface area contributed by atoms with Crippen molar-refractivity contribution >= 4 is 22.6 Å². The van der Waals surface area contributed by atoms with Gasteiger partial charge in [-0.25, -0.2) is 4.98 Å². The van der Waals surface area contributed by atoms with Crippen molar-refractivity contribution in [3.05, 3.63) is 98.1 Å². The predicted molar refractivity (Wildman–Crippen MR) is 131 cm³/mol. The van der Waals surface area contributed by atoms with Crippen LogP contribution in [0.2, 0.25) is 0 Å². The number of hydrogen-bond donors (Lipinski definition) is 2. The van der Waals surface area contributed by atoms with Crippen LogP contribution in [0, 0.1) is 18.8 Å². The van der Waals surface area contributed by atoms with E-state index in [1.54, 1.807) is 17.6 Å². The molecule has 10 heteroatoms. The van der Waals surface area contributed by atoms with Gasteiger partial charge in [-0.15, -0.1) is 0 Å². The molecule has 2 N–H and O–H groups in total. The molecule has 0 aliphatic heterocycles. The van der Waals surface area contributed by atoms with Gasteiger partial charge in [0, 0.05) is 30.6 Å². The SMILES string of the molecule is Cc1cc2nc(C)c3c(=O)c(C(=O)NCc4ccc(-c5cccc(CN=O)c5)nc4)c[nH]c3n2n1. The van der Waals surface area contributed by atoms with E-state index in [1.165, 1.54) is 6.20 Å². The first kappa shape index (κ1) is 22.1. The molecule has 0 radical (unpaired) electrons. The number of pyridine rings is 2. The number of rotatable bonds is 6.